The van der Waals surface area contributed by atoms with Crippen LogP contribution in [0, 0.1) is 19.8 Å². The van der Waals surface area contributed by atoms with Gasteiger partial charge in [0, 0.05) is 42.5 Å². The van der Waals surface area contributed by atoms with Crippen molar-refractivity contribution >= 4 is 17.2 Å². The average molecular weight is 347 g/mol. The number of aliphatic hydroxyl groups is 1. The molecule has 0 bridgehead atoms. The number of rotatable bonds is 4. The fourth-order valence-electron chi connectivity index (χ4n) is 3.64. The van der Waals surface area contributed by atoms with Crippen molar-refractivity contribution in [2.24, 2.45) is 5.92 Å². The number of nitrogens with zero attached hydrogens (tertiary/aromatic N) is 3. The number of aliphatic hydroxyl groups excluding tert-OH is 1. The summed E-state index contributed by atoms with van der Waals surface area (Å²) in [5.41, 5.74) is 2.65. The third-order valence-electron chi connectivity index (χ3n) is 5.00. The molecule has 5 nitrogen and oxygen atoms in total. The highest BCUT2D eigenvalue weighted by molar-refractivity contribution is 7.12. The largest absolute Gasteiger partial charge is 0.393 e. The van der Waals surface area contributed by atoms with Crippen LogP contribution in [-0.4, -0.2) is 45.2 Å². The van der Waals surface area contributed by atoms with Crippen molar-refractivity contribution in [1.29, 1.82) is 0 Å². The maximum absolute atomic E-state index is 12.9. The molecule has 3 rings (SSSR count). The lowest BCUT2D eigenvalue weighted by atomic mass is 9.86. The molecule has 24 heavy (non-hydrogen) atoms. The van der Waals surface area contributed by atoms with Crippen molar-refractivity contribution in [1.82, 2.24) is 14.5 Å². The predicted octanol–water partition coefficient (Wildman–Crippen LogP) is 3.17. The highest BCUT2D eigenvalue weighted by Gasteiger charge is 2.27. The van der Waals surface area contributed by atoms with E-state index < -0.39 is 0 Å². The highest BCUT2D eigenvalue weighted by atomic mass is 32.1. The first-order valence-corrected chi connectivity index (χ1v) is 9.39. The maximum atomic E-state index is 12.9. The molecule has 1 aliphatic rings. The van der Waals surface area contributed by atoms with E-state index in [1.807, 2.05) is 36.9 Å². The lowest BCUT2D eigenvalue weighted by molar-refractivity contribution is 0.0451. The van der Waals surface area contributed by atoms with E-state index in [4.69, 9.17) is 0 Å². The third-order valence-corrected chi connectivity index (χ3v) is 5.75. The monoisotopic (exact) mass is 347 g/mol. The Kier molecular flexibility index (Phi) is 5.06. The van der Waals surface area contributed by atoms with Crippen molar-refractivity contribution in [3.63, 3.8) is 0 Å². The lowest BCUT2D eigenvalue weighted by Gasteiger charge is -2.31. The normalized spacial score (nSPS) is 21.0. The minimum atomic E-state index is -0.281. The second-order valence-electron chi connectivity index (χ2n) is 6.73. The van der Waals surface area contributed by atoms with E-state index in [9.17, 15) is 9.90 Å². The molecular weight excluding hydrogens is 322 g/mol. The van der Waals surface area contributed by atoms with Gasteiger partial charge in [-0.05, 0) is 32.8 Å². The summed E-state index contributed by atoms with van der Waals surface area (Å²) in [4.78, 5) is 19.0. The molecule has 0 spiro atoms. The molecule has 0 radical (unpaired) electrons. The van der Waals surface area contributed by atoms with Crippen LogP contribution < -0.4 is 0 Å². The lowest BCUT2D eigenvalue weighted by Crippen LogP contribution is -2.38. The summed E-state index contributed by atoms with van der Waals surface area (Å²) in [5, 5.41) is 13.0. The summed E-state index contributed by atoms with van der Waals surface area (Å²) < 4.78 is 2.03. The number of aromatic nitrogens is 2. The Balaban J connectivity index is 1.78. The van der Waals surface area contributed by atoms with E-state index in [0.717, 1.165) is 47.8 Å². The standard InChI is InChI=1S/C18H25N3O2S/c1-12-10-15(13(2)21(12)18-19-8-9-24-18)17(23)20(3)11-14-6-4-5-7-16(14)22/h8-10,14,16,22H,4-7,11H2,1-3H3. The first-order valence-electron chi connectivity index (χ1n) is 8.51. The molecule has 2 heterocycles. The van der Waals surface area contributed by atoms with Crippen LogP contribution in [0.25, 0.3) is 5.13 Å². The van der Waals surface area contributed by atoms with Crippen molar-refractivity contribution in [2.75, 3.05) is 13.6 Å². The number of amides is 1. The van der Waals surface area contributed by atoms with Crippen LogP contribution in [-0.2, 0) is 0 Å². The number of aryl methyl sites for hydroxylation is 1. The quantitative estimate of drug-likeness (QED) is 0.924. The van der Waals surface area contributed by atoms with Crippen LogP contribution in [0.4, 0.5) is 0 Å². The molecule has 2 unspecified atom stereocenters. The molecule has 0 saturated heterocycles. The van der Waals surface area contributed by atoms with Gasteiger partial charge < -0.3 is 10.0 Å². The van der Waals surface area contributed by atoms with Crippen LogP contribution >= 0.6 is 11.3 Å². The summed E-state index contributed by atoms with van der Waals surface area (Å²) in [6.07, 6.45) is 5.57. The molecular formula is C18H25N3O2S. The van der Waals surface area contributed by atoms with Crippen molar-refractivity contribution < 1.29 is 9.90 Å². The number of thiazole rings is 1. The van der Waals surface area contributed by atoms with Crippen molar-refractivity contribution in [3.05, 3.63) is 34.6 Å². The molecule has 2 atom stereocenters. The van der Waals surface area contributed by atoms with Gasteiger partial charge in [0.05, 0.1) is 11.7 Å². The fraction of sp³-hybridized carbons (Fsp3) is 0.556. The first-order chi connectivity index (χ1) is 11.5. The number of hydrogen-bond donors (Lipinski definition) is 1. The molecule has 0 aliphatic heterocycles. The predicted molar refractivity (Wildman–Crippen MR) is 95.8 cm³/mol. The molecule has 1 fully saturated rings. The molecule has 1 amide bonds. The van der Waals surface area contributed by atoms with Crippen molar-refractivity contribution in [3.8, 4) is 5.13 Å². The molecule has 1 aliphatic carbocycles. The Morgan fingerprint density at radius 1 is 1.42 bits per heavy atom. The van der Waals surface area contributed by atoms with Gasteiger partial charge in [0.1, 0.15) is 0 Å². The molecule has 6 heteroatoms. The van der Waals surface area contributed by atoms with Gasteiger partial charge in [-0.1, -0.05) is 12.8 Å². The van der Waals surface area contributed by atoms with E-state index in [1.54, 1.807) is 22.4 Å². The van der Waals surface area contributed by atoms with Gasteiger partial charge in [0.15, 0.2) is 5.13 Å². The Labute approximate surface area is 146 Å². The summed E-state index contributed by atoms with van der Waals surface area (Å²) in [6.45, 7) is 4.57. The molecule has 1 saturated carbocycles. The summed E-state index contributed by atoms with van der Waals surface area (Å²) >= 11 is 1.56. The second-order valence-corrected chi connectivity index (χ2v) is 7.61. The van der Waals surface area contributed by atoms with Crippen LogP contribution in [0.3, 0.4) is 0 Å². The zero-order valence-corrected chi connectivity index (χ0v) is 15.3. The number of carbonyl (C=O) groups is 1. The number of hydrogen-bond acceptors (Lipinski definition) is 4. The Morgan fingerprint density at radius 2 is 2.17 bits per heavy atom. The van der Waals surface area contributed by atoms with Crippen LogP contribution in [0.5, 0.6) is 0 Å². The Hall–Kier alpha value is -1.66. The van der Waals surface area contributed by atoms with Crippen LogP contribution in [0.15, 0.2) is 17.6 Å². The smallest absolute Gasteiger partial charge is 0.255 e. The fourth-order valence-corrected chi connectivity index (χ4v) is 4.39. The van der Waals surface area contributed by atoms with Gasteiger partial charge in [0.25, 0.3) is 5.91 Å². The summed E-state index contributed by atoms with van der Waals surface area (Å²) in [5.74, 6) is 0.207. The topological polar surface area (TPSA) is 58.4 Å². The van der Waals surface area contributed by atoms with E-state index in [2.05, 4.69) is 4.98 Å². The zero-order valence-electron chi connectivity index (χ0n) is 14.5. The van der Waals surface area contributed by atoms with Gasteiger partial charge in [-0.2, -0.15) is 0 Å². The van der Waals surface area contributed by atoms with Gasteiger partial charge in [0.2, 0.25) is 0 Å². The Morgan fingerprint density at radius 3 is 2.83 bits per heavy atom. The van der Waals surface area contributed by atoms with Crippen LogP contribution in [0.2, 0.25) is 0 Å². The molecule has 2 aromatic heterocycles. The maximum Gasteiger partial charge on any atom is 0.255 e. The molecule has 2 aromatic rings. The molecule has 1 N–H and O–H groups in total. The van der Waals surface area contributed by atoms with Crippen molar-refractivity contribution in [2.45, 2.75) is 45.6 Å². The first kappa shape index (κ1) is 17.2. The second kappa shape index (κ2) is 7.07. The average Bonchev–Trinajstić information content (AvgIpc) is 3.16. The van der Waals surface area contributed by atoms with Gasteiger partial charge in [-0.25, -0.2) is 4.98 Å². The number of carbonyl (C=O) groups excluding carboxylic acids is 1. The molecule has 0 aromatic carbocycles. The van der Waals surface area contributed by atoms with E-state index >= 15 is 0 Å². The Bertz CT molecular complexity index is 708. The van der Waals surface area contributed by atoms with E-state index in [0.29, 0.717) is 6.54 Å². The van der Waals surface area contributed by atoms with Gasteiger partial charge >= 0.3 is 0 Å². The van der Waals surface area contributed by atoms with E-state index in [1.165, 1.54) is 0 Å². The summed E-state index contributed by atoms with van der Waals surface area (Å²) in [6, 6.07) is 1.94. The highest BCUT2D eigenvalue weighted by Crippen LogP contribution is 2.27. The minimum Gasteiger partial charge on any atom is -0.393 e. The SMILES string of the molecule is Cc1cc(C(=O)N(C)CC2CCCCC2O)c(C)n1-c1nccs1. The molecule has 130 valence electrons. The van der Waals surface area contributed by atoms with Gasteiger partial charge in [-0.3, -0.25) is 9.36 Å². The van der Waals surface area contributed by atoms with Crippen LogP contribution in [0.1, 0.15) is 47.4 Å². The minimum absolute atomic E-state index is 0.0173. The summed E-state index contributed by atoms with van der Waals surface area (Å²) in [7, 11) is 1.83. The third kappa shape index (κ3) is 3.26. The van der Waals surface area contributed by atoms with E-state index in [-0.39, 0.29) is 17.9 Å². The zero-order chi connectivity index (χ0) is 17.3. The van der Waals surface area contributed by atoms with Gasteiger partial charge in [-0.15, -0.1) is 11.3 Å².